The second-order valence-electron chi connectivity index (χ2n) is 7.09. The van der Waals surface area contributed by atoms with Crippen LogP contribution in [0.3, 0.4) is 0 Å². The van der Waals surface area contributed by atoms with E-state index in [0.717, 1.165) is 39.0 Å². The van der Waals surface area contributed by atoms with E-state index in [2.05, 4.69) is 11.5 Å². The number of ether oxygens (including phenoxy) is 1. The number of amides is 1. The fourth-order valence-electron chi connectivity index (χ4n) is 4.28. The second kappa shape index (κ2) is 7.56. The summed E-state index contributed by atoms with van der Waals surface area (Å²) in [6.45, 7) is 7.49. The van der Waals surface area contributed by atoms with Crippen LogP contribution in [0.5, 0.6) is 5.75 Å². The number of benzene rings is 1. The smallest absolute Gasteiger partial charge is 0.226 e. The molecule has 2 heterocycles. The van der Waals surface area contributed by atoms with E-state index in [1.165, 1.54) is 26.0 Å². The van der Waals surface area contributed by atoms with Gasteiger partial charge in [0.25, 0.3) is 0 Å². The topological polar surface area (TPSA) is 32.8 Å². The number of likely N-dealkylation sites (tertiary alicyclic amines) is 2. The normalized spacial score (nSPS) is 20.0. The molecule has 0 bridgehead atoms. The van der Waals surface area contributed by atoms with Crippen LogP contribution in [0.2, 0.25) is 0 Å². The van der Waals surface area contributed by atoms with Crippen molar-refractivity contribution in [2.75, 3.05) is 33.3 Å². The van der Waals surface area contributed by atoms with Gasteiger partial charge in [0, 0.05) is 25.2 Å². The Kier molecular flexibility index (Phi) is 5.42. The molecule has 2 saturated heterocycles. The van der Waals surface area contributed by atoms with Gasteiger partial charge in [0.15, 0.2) is 11.6 Å². The maximum Gasteiger partial charge on any atom is 0.226 e. The van der Waals surface area contributed by atoms with Crippen LogP contribution >= 0.6 is 0 Å². The number of methoxy groups -OCH3 is 1. The third-order valence-electron chi connectivity index (χ3n) is 5.71. The minimum Gasteiger partial charge on any atom is -0.494 e. The second-order valence-corrected chi connectivity index (χ2v) is 7.09. The first-order valence-corrected chi connectivity index (χ1v) is 9.04. The Hall–Kier alpha value is -1.88. The number of carbonyl (C=O) groups excluding carboxylic acids is 1. The summed E-state index contributed by atoms with van der Waals surface area (Å²) in [5.74, 6) is -0.135. The molecule has 1 spiro atoms. The molecule has 25 heavy (non-hydrogen) atoms. The number of halogens is 1. The van der Waals surface area contributed by atoms with Crippen LogP contribution in [0.15, 0.2) is 30.9 Å². The third-order valence-corrected chi connectivity index (χ3v) is 5.71. The van der Waals surface area contributed by atoms with Gasteiger partial charge in [-0.2, -0.15) is 0 Å². The zero-order chi connectivity index (χ0) is 17.9. The highest BCUT2D eigenvalue weighted by Crippen LogP contribution is 2.38. The SMILES string of the molecule is C=CCN1CCCC12CCN(C(=O)Cc1ccc(OC)c(F)c1)CC2. The van der Waals surface area contributed by atoms with Crippen LogP contribution in [-0.4, -0.2) is 54.5 Å². The van der Waals surface area contributed by atoms with Crippen molar-refractivity contribution in [2.24, 2.45) is 0 Å². The lowest BCUT2D eigenvalue weighted by molar-refractivity contribution is -0.132. The quantitative estimate of drug-likeness (QED) is 0.769. The Balaban J connectivity index is 1.58. The lowest BCUT2D eigenvalue weighted by Gasteiger charge is -2.45. The van der Waals surface area contributed by atoms with Crippen LogP contribution in [0.25, 0.3) is 0 Å². The molecule has 0 atom stereocenters. The van der Waals surface area contributed by atoms with E-state index in [9.17, 15) is 9.18 Å². The molecule has 0 radical (unpaired) electrons. The average Bonchev–Trinajstić information content (AvgIpc) is 2.98. The van der Waals surface area contributed by atoms with Crippen LogP contribution < -0.4 is 4.74 Å². The number of nitrogens with zero attached hydrogens (tertiary/aromatic N) is 2. The molecule has 136 valence electrons. The van der Waals surface area contributed by atoms with Crippen molar-refractivity contribution in [2.45, 2.75) is 37.6 Å². The Morgan fingerprint density at radius 3 is 2.72 bits per heavy atom. The number of carbonyl (C=O) groups is 1. The molecule has 0 N–H and O–H groups in total. The summed E-state index contributed by atoms with van der Waals surface area (Å²) in [7, 11) is 1.44. The van der Waals surface area contributed by atoms with Gasteiger partial charge in [-0.1, -0.05) is 12.1 Å². The number of piperidine rings is 1. The largest absolute Gasteiger partial charge is 0.494 e. The molecule has 3 rings (SSSR count). The fraction of sp³-hybridized carbons (Fsp3) is 0.550. The molecule has 0 aromatic heterocycles. The van der Waals surface area contributed by atoms with Gasteiger partial charge in [-0.05, 0) is 49.9 Å². The van der Waals surface area contributed by atoms with Crippen molar-refractivity contribution in [1.82, 2.24) is 9.80 Å². The van der Waals surface area contributed by atoms with Crippen molar-refractivity contribution in [1.29, 1.82) is 0 Å². The standard InChI is InChI=1S/C20H27FN2O2/c1-3-10-23-11-4-7-20(23)8-12-22(13-9-20)19(24)15-16-5-6-18(25-2)17(21)14-16/h3,5-6,14H,1,4,7-13,15H2,2H3. The van der Waals surface area contributed by atoms with Gasteiger partial charge >= 0.3 is 0 Å². The molecule has 1 amide bonds. The highest BCUT2D eigenvalue weighted by molar-refractivity contribution is 5.79. The molecule has 1 aromatic rings. The molecule has 0 unspecified atom stereocenters. The van der Waals surface area contributed by atoms with Gasteiger partial charge in [-0.25, -0.2) is 4.39 Å². The zero-order valence-electron chi connectivity index (χ0n) is 15.0. The van der Waals surface area contributed by atoms with E-state index in [1.807, 2.05) is 11.0 Å². The van der Waals surface area contributed by atoms with Crippen LogP contribution in [0.4, 0.5) is 4.39 Å². The molecule has 2 aliphatic heterocycles. The van der Waals surface area contributed by atoms with Crippen molar-refractivity contribution in [3.63, 3.8) is 0 Å². The summed E-state index contributed by atoms with van der Waals surface area (Å²) >= 11 is 0. The van der Waals surface area contributed by atoms with Crippen molar-refractivity contribution >= 4 is 5.91 Å². The van der Waals surface area contributed by atoms with Gasteiger partial charge in [-0.15, -0.1) is 6.58 Å². The molecular weight excluding hydrogens is 319 g/mol. The van der Waals surface area contributed by atoms with Crippen LogP contribution in [0.1, 0.15) is 31.2 Å². The average molecular weight is 346 g/mol. The van der Waals surface area contributed by atoms with Crippen molar-refractivity contribution in [3.05, 3.63) is 42.2 Å². The predicted molar refractivity (Wildman–Crippen MR) is 96.2 cm³/mol. The molecule has 0 aliphatic carbocycles. The summed E-state index contributed by atoms with van der Waals surface area (Å²) in [6.07, 6.45) is 6.69. The predicted octanol–water partition coefficient (Wildman–Crippen LogP) is 3.02. The van der Waals surface area contributed by atoms with Gasteiger partial charge in [0.1, 0.15) is 0 Å². The van der Waals surface area contributed by atoms with E-state index in [0.29, 0.717) is 5.56 Å². The summed E-state index contributed by atoms with van der Waals surface area (Å²) in [5.41, 5.74) is 0.940. The summed E-state index contributed by atoms with van der Waals surface area (Å²) in [6, 6.07) is 4.73. The van der Waals surface area contributed by atoms with Gasteiger partial charge < -0.3 is 9.64 Å². The molecule has 0 saturated carbocycles. The Morgan fingerprint density at radius 1 is 1.32 bits per heavy atom. The number of hydrogen-bond donors (Lipinski definition) is 0. The fourth-order valence-corrected chi connectivity index (χ4v) is 4.28. The molecular formula is C20H27FN2O2. The highest BCUT2D eigenvalue weighted by Gasteiger charge is 2.42. The van der Waals surface area contributed by atoms with E-state index < -0.39 is 5.82 Å². The van der Waals surface area contributed by atoms with E-state index in [-0.39, 0.29) is 23.6 Å². The first-order chi connectivity index (χ1) is 12.1. The molecule has 5 heteroatoms. The Morgan fingerprint density at radius 2 is 2.08 bits per heavy atom. The van der Waals surface area contributed by atoms with E-state index in [1.54, 1.807) is 12.1 Å². The van der Waals surface area contributed by atoms with Gasteiger partial charge in [-0.3, -0.25) is 9.69 Å². The monoisotopic (exact) mass is 346 g/mol. The molecule has 2 aliphatic rings. The minimum absolute atomic E-state index is 0.0766. The lowest BCUT2D eigenvalue weighted by atomic mass is 9.84. The van der Waals surface area contributed by atoms with Crippen LogP contribution in [-0.2, 0) is 11.2 Å². The summed E-state index contributed by atoms with van der Waals surface area (Å²) in [4.78, 5) is 17.0. The maximum absolute atomic E-state index is 13.8. The zero-order valence-corrected chi connectivity index (χ0v) is 15.0. The summed E-state index contributed by atoms with van der Waals surface area (Å²) < 4.78 is 18.7. The maximum atomic E-state index is 13.8. The van der Waals surface area contributed by atoms with Crippen molar-refractivity contribution in [3.8, 4) is 5.75 Å². The molecule has 4 nitrogen and oxygen atoms in total. The minimum atomic E-state index is -0.420. The van der Waals surface area contributed by atoms with Gasteiger partial charge in [0.05, 0.1) is 13.5 Å². The van der Waals surface area contributed by atoms with Crippen molar-refractivity contribution < 1.29 is 13.9 Å². The van der Waals surface area contributed by atoms with Gasteiger partial charge in [0.2, 0.25) is 5.91 Å². The van der Waals surface area contributed by atoms with Crippen LogP contribution in [0, 0.1) is 5.82 Å². The number of rotatable bonds is 5. The number of hydrogen-bond acceptors (Lipinski definition) is 3. The summed E-state index contributed by atoms with van der Waals surface area (Å²) in [5, 5.41) is 0. The Labute approximate surface area is 149 Å². The first kappa shape index (κ1) is 17.9. The molecule has 1 aromatic carbocycles. The lowest BCUT2D eigenvalue weighted by Crippen LogP contribution is -2.53. The Bertz CT molecular complexity index is 639. The van der Waals surface area contributed by atoms with E-state index >= 15 is 0 Å². The first-order valence-electron chi connectivity index (χ1n) is 9.04. The highest BCUT2D eigenvalue weighted by atomic mass is 19.1. The molecule has 2 fully saturated rings. The third kappa shape index (κ3) is 3.71. The van der Waals surface area contributed by atoms with E-state index in [4.69, 9.17) is 4.74 Å².